The molecule has 0 radical (unpaired) electrons. The number of aliphatic hydroxyl groups is 1. The van der Waals surface area contributed by atoms with Gasteiger partial charge < -0.3 is 10.0 Å². The van der Waals surface area contributed by atoms with Gasteiger partial charge in [0.15, 0.2) is 5.76 Å². The van der Waals surface area contributed by atoms with E-state index in [2.05, 4.69) is 11.9 Å². The van der Waals surface area contributed by atoms with Crippen LogP contribution in [0.1, 0.15) is 76.6 Å². The number of Topliss-reactive ketones (excluding diaryl/α,β-unsaturated/α-hetero) is 1. The van der Waals surface area contributed by atoms with Crippen LogP contribution in [0.5, 0.6) is 0 Å². The number of amides is 1. The first-order chi connectivity index (χ1) is 14.4. The second kappa shape index (κ2) is 8.34. The first-order valence-electron chi connectivity index (χ1n) is 10.8. The van der Waals surface area contributed by atoms with Gasteiger partial charge in [0.05, 0.1) is 27.2 Å². The molecule has 1 unspecified atom stereocenters. The van der Waals surface area contributed by atoms with Crippen LogP contribution >= 0.6 is 11.3 Å². The lowest BCUT2D eigenvalue weighted by molar-refractivity contribution is -0.132. The molecule has 0 saturated heterocycles. The summed E-state index contributed by atoms with van der Waals surface area (Å²) in [6.45, 7) is 5.75. The number of aliphatic hydroxyl groups excluding tert-OH is 1. The first-order valence-corrected chi connectivity index (χ1v) is 11.6. The van der Waals surface area contributed by atoms with Crippen LogP contribution in [-0.2, 0) is 11.2 Å². The molecule has 4 rings (SSSR count). The monoisotopic (exact) mass is 424 g/mol. The maximum absolute atomic E-state index is 13.5. The molecule has 0 spiro atoms. The number of aryl methyl sites for hydroxylation is 3. The number of hydrogen-bond donors (Lipinski definition) is 1. The molecule has 1 aromatic carbocycles. The molecule has 158 valence electrons. The second-order valence-electron chi connectivity index (χ2n) is 8.24. The van der Waals surface area contributed by atoms with Crippen LogP contribution in [0.4, 0.5) is 0 Å². The Bertz CT molecular complexity index is 1000. The van der Waals surface area contributed by atoms with Crippen LogP contribution in [0.2, 0.25) is 0 Å². The average Bonchev–Trinajstić information content (AvgIpc) is 3.24. The Hall–Kier alpha value is -2.47. The first kappa shape index (κ1) is 20.8. The van der Waals surface area contributed by atoms with Crippen molar-refractivity contribution in [2.24, 2.45) is 0 Å². The van der Waals surface area contributed by atoms with Gasteiger partial charge in [-0.2, -0.15) is 0 Å². The molecule has 1 aromatic heterocycles. The lowest BCUT2D eigenvalue weighted by Crippen LogP contribution is -2.41. The van der Waals surface area contributed by atoms with E-state index in [1.54, 1.807) is 11.8 Å². The molecule has 1 atom stereocenters. The Kier molecular flexibility index (Phi) is 5.78. The van der Waals surface area contributed by atoms with Crippen molar-refractivity contribution >= 4 is 23.0 Å². The molecule has 2 heterocycles. The van der Waals surface area contributed by atoms with Gasteiger partial charge in [-0.15, -0.1) is 11.3 Å². The summed E-state index contributed by atoms with van der Waals surface area (Å²) in [5.41, 5.74) is 2.91. The lowest BCUT2D eigenvalue weighted by atomic mass is 9.90. The van der Waals surface area contributed by atoms with Crippen LogP contribution in [-0.4, -0.2) is 32.7 Å². The highest BCUT2D eigenvalue weighted by Crippen LogP contribution is 2.43. The highest BCUT2D eigenvalue weighted by atomic mass is 32.1. The third-order valence-corrected chi connectivity index (χ3v) is 7.34. The Balaban J connectivity index is 1.81. The molecule has 1 amide bonds. The van der Waals surface area contributed by atoms with Crippen molar-refractivity contribution < 1.29 is 14.7 Å². The number of aromatic nitrogens is 1. The van der Waals surface area contributed by atoms with E-state index in [1.807, 2.05) is 31.2 Å². The summed E-state index contributed by atoms with van der Waals surface area (Å²) in [6.07, 6.45) is 6.02. The minimum Gasteiger partial charge on any atom is -0.503 e. The third kappa shape index (κ3) is 3.58. The van der Waals surface area contributed by atoms with Gasteiger partial charge in [-0.3, -0.25) is 9.59 Å². The van der Waals surface area contributed by atoms with Gasteiger partial charge in [0.25, 0.3) is 5.91 Å². The summed E-state index contributed by atoms with van der Waals surface area (Å²) in [4.78, 5) is 33.4. The van der Waals surface area contributed by atoms with Crippen molar-refractivity contribution in [2.45, 2.75) is 71.4 Å². The van der Waals surface area contributed by atoms with Gasteiger partial charge in [0, 0.05) is 6.04 Å². The number of carbonyl (C=O) groups is 2. The summed E-state index contributed by atoms with van der Waals surface area (Å²) >= 11 is 1.32. The summed E-state index contributed by atoms with van der Waals surface area (Å²) in [7, 11) is 0. The van der Waals surface area contributed by atoms with Crippen LogP contribution in [0, 0.1) is 13.8 Å². The van der Waals surface area contributed by atoms with Crippen molar-refractivity contribution in [3.63, 3.8) is 0 Å². The smallest absolute Gasteiger partial charge is 0.290 e. The molecule has 0 bridgehead atoms. The van der Waals surface area contributed by atoms with E-state index in [0.717, 1.165) is 42.7 Å². The molecule has 1 fully saturated rings. The molecule has 1 aliphatic heterocycles. The van der Waals surface area contributed by atoms with Crippen LogP contribution in [0.15, 0.2) is 35.6 Å². The van der Waals surface area contributed by atoms with Gasteiger partial charge in [0.1, 0.15) is 0 Å². The fourth-order valence-electron chi connectivity index (χ4n) is 4.72. The molecule has 1 saturated carbocycles. The highest BCUT2D eigenvalue weighted by molar-refractivity contribution is 7.14. The average molecular weight is 425 g/mol. The van der Waals surface area contributed by atoms with E-state index in [-0.39, 0.29) is 17.4 Å². The summed E-state index contributed by atoms with van der Waals surface area (Å²) < 4.78 is 0. The van der Waals surface area contributed by atoms with Crippen molar-refractivity contribution in [1.82, 2.24) is 9.88 Å². The van der Waals surface area contributed by atoms with Gasteiger partial charge >= 0.3 is 0 Å². The van der Waals surface area contributed by atoms with Gasteiger partial charge in [-0.1, -0.05) is 50.5 Å². The SMILES string of the molecule is CCc1ccc(C2C(C(=O)c3sc(C)nc3C)=C(O)C(=O)N2C2CCCCC2)cc1. The molecule has 1 aliphatic carbocycles. The van der Waals surface area contributed by atoms with Crippen LogP contribution < -0.4 is 0 Å². The zero-order valence-electron chi connectivity index (χ0n) is 17.8. The molecular formula is C24H28N2O3S. The summed E-state index contributed by atoms with van der Waals surface area (Å²) in [6, 6.07) is 7.54. The van der Waals surface area contributed by atoms with E-state index in [1.165, 1.54) is 23.3 Å². The predicted octanol–water partition coefficient (Wildman–Crippen LogP) is 5.23. The Morgan fingerprint density at radius 2 is 1.83 bits per heavy atom. The summed E-state index contributed by atoms with van der Waals surface area (Å²) in [5, 5.41) is 11.7. The van der Waals surface area contributed by atoms with Crippen molar-refractivity contribution in [3.05, 3.63) is 62.3 Å². The number of ketones is 1. The quantitative estimate of drug-likeness (QED) is 0.667. The number of hydrogen-bond acceptors (Lipinski definition) is 5. The zero-order valence-corrected chi connectivity index (χ0v) is 18.6. The maximum Gasteiger partial charge on any atom is 0.290 e. The Morgan fingerprint density at radius 3 is 2.40 bits per heavy atom. The van der Waals surface area contributed by atoms with E-state index in [4.69, 9.17) is 0 Å². The molecule has 5 nitrogen and oxygen atoms in total. The van der Waals surface area contributed by atoms with E-state index >= 15 is 0 Å². The fourth-order valence-corrected chi connectivity index (χ4v) is 5.59. The fraction of sp³-hybridized carbons (Fsp3) is 0.458. The van der Waals surface area contributed by atoms with E-state index in [9.17, 15) is 14.7 Å². The van der Waals surface area contributed by atoms with Gasteiger partial charge in [-0.05, 0) is 44.2 Å². The van der Waals surface area contributed by atoms with Gasteiger partial charge in [-0.25, -0.2) is 4.98 Å². The number of benzene rings is 1. The minimum absolute atomic E-state index is 0.0406. The number of nitrogens with zero attached hydrogens (tertiary/aromatic N) is 2. The normalized spacial score (nSPS) is 20.3. The molecule has 6 heteroatoms. The Labute approximate surface area is 181 Å². The molecule has 30 heavy (non-hydrogen) atoms. The standard InChI is InChI=1S/C24H28N2O3S/c1-4-16-10-12-17(13-11-16)20-19(21(27)23-14(2)25-15(3)30-23)22(28)24(29)26(20)18-8-6-5-7-9-18/h10-13,18,20,28H,4-9H2,1-3H3. The van der Waals surface area contributed by atoms with E-state index in [0.29, 0.717) is 10.6 Å². The lowest BCUT2D eigenvalue weighted by Gasteiger charge is -2.36. The second-order valence-corrected chi connectivity index (χ2v) is 9.44. The van der Waals surface area contributed by atoms with Crippen molar-refractivity contribution in [1.29, 1.82) is 0 Å². The summed E-state index contributed by atoms with van der Waals surface area (Å²) in [5.74, 6) is -1.11. The minimum atomic E-state index is -0.555. The van der Waals surface area contributed by atoms with Gasteiger partial charge in [0.2, 0.25) is 5.78 Å². The molecule has 2 aromatic rings. The number of carbonyl (C=O) groups excluding carboxylic acids is 2. The largest absolute Gasteiger partial charge is 0.503 e. The molecule has 2 aliphatic rings. The maximum atomic E-state index is 13.5. The zero-order chi connectivity index (χ0) is 21.4. The predicted molar refractivity (Wildman–Crippen MR) is 118 cm³/mol. The van der Waals surface area contributed by atoms with Crippen LogP contribution in [0.25, 0.3) is 0 Å². The van der Waals surface area contributed by atoms with Crippen molar-refractivity contribution in [3.8, 4) is 0 Å². The van der Waals surface area contributed by atoms with Crippen molar-refractivity contribution in [2.75, 3.05) is 0 Å². The Morgan fingerprint density at radius 1 is 1.17 bits per heavy atom. The topological polar surface area (TPSA) is 70.5 Å². The molecule has 1 N–H and O–H groups in total. The molecular weight excluding hydrogens is 396 g/mol. The third-order valence-electron chi connectivity index (χ3n) is 6.27. The highest BCUT2D eigenvalue weighted by Gasteiger charge is 2.47. The number of rotatable bonds is 5. The van der Waals surface area contributed by atoms with Crippen LogP contribution in [0.3, 0.4) is 0 Å². The number of thiazole rings is 1. The van der Waals surface area contributed by atoms with E-state index < -0.39 is 17.7 Å².